The summed E-state index contributed by atoms with van der Waals surface area (Å²) in [6.45, 7) is 0.735. The molecular formula is C24H17Cl2N3O2. The summed E-state index contributed by atoms with van der Waals surface area (Å²) in [5.74, 6) is 0.151. The number of nitrogens with one attached hydrogen (secondary N) is 1. The molecule has 0 aliphatic rings. The smallest absolute Gasteiger partial charge is 0.262 e. The van der Waals surface area contributed by atoms with Crippen molar-refractivity contribution in [3.8, 4) is 6.07 Å². The summed E-state index contributed by atoms with van der Waals surface area (Å²) in [5, 5.41) is 14.3. The number of carbonyl (C=O) groups is 1. The van der Waals surface area contributed by atoms with Crippen LogP contribution in [0.25, 0.3) is 17.0 Å². The third-order valence-electron chi connectivity index (χ3n) is 4.84. The minimum atomic E-state index is -0.462. The van der Waals surface area contributed by atoms with E-state index in [4.69, 9.17) is 27.6 Å². The summed E-state index contributed by atoms with van der Waals surface area (Å²) >= 11 is 12.4. The largest absolute Gasteiger partial charge is 0.467 e. The maximum Gasteiger partial charge on any atom is 0.262 e. The van der Waals surface area contributed by atoms with Gasteiger partial charge in [0.05, 0.1) is 12.8 Å². The summed E-state index contributed by atoms with van der Waals surface area (Å²) < 4.78 is 7.24. The molecule has 0 aliphatic heterocycles. The molecule has 31 heavy (non-hydrogen) atoms. The number of furan rings is 1. The van der Waals surface area contributed by atoms with E-state index in [1.165, 1.54) is 6.26 Å². The van der Waals surface area contributed by atoms with Gasteiger partial charge in [0.15, 0.2) is 0 Å². The Morgan fingerprint density at radius 3 is 2.74 bits per heavy atom. The number of benzene rings is 2. The Balaban J connectivity index is 1.65. The number of nitrogens with zero attached hydrogens (tertiary/aromatic N) is 2. The van der Waals surface area contributed by atoms with Crippen LogP contribution in [0.15, 0.2) is 77.0 Å². The molecule has 0 atom stereocenters. The standard InChI is InChI=1S/C24H17Cl2N3O2/c25-19-8-7-16(22(26)11-19)14-29-15-18(21-5-1-2-6-23(21)29)10-17(12-27)24(30)28-13-20-4-3-9-31-20/h1-11,15H,13-14H2,(H,28,30). The number of fused-ring (bicyclic) bond motifs is 1. The van der Waals surface area contributed by atoms with Crippen molar-refractivity contribution in [1.82, 2.24) is 9.88 Å². The topological polar surface area (TPSA) is 71.0 Å². The van der Waals surface area contributed by atoms with Crippen LogP contribution in [0.5, 0.6) is 0 Å². The van der Waals surface area contributed by atoms with Gasteiger partial charge in [0.2, 0.25) is 0 Å². The monoisotopic (exact) mass is 449 g/mol. The fourth-order valence-electron chi connectivity index (χ4n) is 3.33. The average Bonchev–Trinajstić information content (AvgIpc) is 3.41. The number of carbonyl (C=O) groups excluding carboxylic acids is 1. The molecule has 0 fully saturated rings. The highest BCUT2D eigenvalue weighted by Gasteiger charge is 2.13. The van der Waals surface area contributed by atoms with Crippen molar-refractivity contribution in [1.29, 1.82) is 5.26 Å². The lowest BCUT2D eigenvalue weighted by atomic mass is 10.1. The van der Waals surface area contributed by atoms with Crippen molar-refractivity contribution in [3.05, 3.63) is 99.6 Å². The third-order valence-corrected chi connectivity index (χ3v) is 5.43. The summed E-state index contributed by atoms with van der Waals surface area (Å²) in [7, 11) is 0. The summed E-state index contributed by atoms with van der Waals surface area (Å²) in [6.07, 6.45) is 5.04. The first-order valence-corrected chi connectivity index (χ1v) is 10.2. The highest BCUT2D eigenvalue weighted by molar-refractivity contribution is 6.35. The lowest BCUT2D eigenvalue weighted by Crippen LogP contribution is -2.23. The molecular weight excluding hydrogens is 433 g/mol. The number of hydrogen-bond acceptors (Lipinski definition) is 3. The first-order valence-electron chi connectivity index (χ1n) is 9.49. The zero-order chi connectivity index (χ0) is 21.8. The van der Waals surface area contributed by atoms with Crippen LogP contribution in [0, 0.1) is 11.3 Å². The Kier molecular flexibility index (Phi) is 6.13. The van der Waals surface area contributed by atoms with Gasteiger partial charge in [-0.1, -0.05) is 47.5 Å². The lowest BCUT2D eigenvalue weighted by Gasteiger charge is -2.08. The molecule has 0 radical (unpaired) electrons. The maximum atomic E-state index is 12.5. The summed E-state index contributed by atoms with van der Waals surface area (Å²) in [5.41, 5.74) is 2.66. The number of para-hydroxylation sites is 1. The highest BCUT2D eigenvalue weighted by Crippen LogP contribution is 2.27. The molecule has 0 bridgehead atoms. The van der Waals surface area contributed by atoms with Gasteiger partial charge >= 0.3 is 0 Å². The Morgan fingerprint density at radius 2 is 2.00 bits per heavy atom. The predicted octanol–water partition coefficient (Wildman–Crippen LogP) is 5.81. The van der Waals surface area contributed by atoms with Gasteiger partial charge in [-0.3, -0.25) is 4.79 Å². The van der Waals surface area contributed by atoms with E-state index in [1.807, 2.05) is 47.2 Å². The van der Waals surface area contributed by atoms with E-state index < -0.39 is 5.91 Å². The van der Waals surface area contributed by atoms with E-state index in [-0.39, 0.29) is 12.1 Å². The number of amides is 1. The molecule has 0 saturated carbocycles. The maximum absolute atomic E-state index is 12.5. The predicted molar refractivity (Wildman–Crippen MR) is 122 cm³/mol. The van der Waals surface area contributed by atoms with Crippen LogP contribution in [0.2, 0.25) is 10.0 Å². The first-order chi connectivity index (χ1) is 15.0. The molecule has 7 heteroatoms. The molecule has 2 aromatic carbocycles. The number of hydrogen-bond donors (Lipinski definition) is 1. The molecule has 5 nitrogen and oxygen atoms in total. The molecule has 1 amide bonds. The van der Waals surface area contributed by atoms with Crippen LogP contribution in [0.4, 0.5) is 0 Å². The van der Waals surface area contributed by atoms with Gasteiger partial charge in [-0.2, -0.15) is 5.26 Å². The van der Waals surface area contributed by atoms with E-state index >= 15 is 0 Å². The number of halogens is 2. The molecule has 2 aromatic heterocycles. The fourth-order valence-corrected chi connectivity index (χ4v) is 3.80. The van der Waals surface area contributed by atoms with Crippen molar-refractivity contribution >= 4 is 46.1 Å². The molecule has 0 spiro atoms. The molecule has 0 saturated heterocycles. The Morgan fingerprint density at radius 1 is 1.16 bits per heavy atom. The minimum absolute atomic E-state index is 0.0129. The van der Waals surface area contributed by atoms with Gasteiger partial charge in [-0.05, 0) is 42.0 Å². The quantitative estimate of drug-likeness (QED) is 0.298. The minimum Gasteiger partial charge on any atom is -0.467 e. The third kappa shape index (κ3) is 4.66. The zero-order valence-electron chi connectivity index (χ0n) is 16.3. The van der Waals surface area contributed by atoms with Crippen molar-refractivity contribution in [2.45, 2.75) is 13.1 Å². The second kappa shape index (κ2) is 9.13. The van der Waals surface area contributed by atoms with Crippen molar-refractivity contribution in [2.24, 2.45) is 0 Å². The van der Waals surface area contributed by atoms with E-state index in [0.717, 1.165) is 22.0 Å². The van der Waals surface area contributed by atoms with Crippen molar-refractivity contribution in [2.75, 3.05) is 0 Å². The number of nitriles is 1. The average molecular weight is 450 g/mol. The normalized spacial score (nSPS) is 11.5. The fraction of sp³-hybridized carbons (Fsp3) is 0.0833. The van der Waals surface area contributed by atoms with Gasteiger partial charge in [-0.25, -0.2) is 0 Å². The van der Waals surface area contributed by atoms with Gasteiger partial charge in [0.25, 0.3) is 5.91 Å². The van der Waals surface area contributed by atoms with Gasteiger partial charge in [0.1, 0.15) is 17.4 Å². The van der Waals surface area contributed by atoms with Crippen LogP contribution < -0.4 is 5.32 Å². The van der Waals surface area contributed by atoms with Crippen molar-refractivity contribution < 1.29 is 9.21 Å². The Bertz CT molecular complexity index is 1310. The second-order valence-corrected chi connectivity index (χ2v) is 7.74. The summed E-state index contributed by atoms with van der Waals surface area (Å²) in [4.78, 5) is 12.5. The summed E-state index contributed by atoms with van der Waals surface area (Å²) in [6, 6.07) is 18.7. The van der Waals surface area contributed by atoms with E-state index in [1.54, 1.807) is 30.3 Å². The zero-order valence-corrected chi connectivity index (χ0v) is 17.8. The van der Waals surface area contributed by atoms with E-state index in [0.29, 0.717) is 22.4 Å². The molecule has 0 aliphatic carbocycles. The molecule has 1 N–H and O–H groups in total. The number of rotatable bonds is 6. The van der Waals surface area contributed by atoms with Crippen LogP contribution in [-0.2, 0) is 17.9 Å². The second-order valence-electron chi connectivity index (χ2n) is 6.90. The Hall–Kier alpha value is -3.46. The van der Waals surface area contributed by atoms with Crippen molar-refractivity contribution in [3.63, 3.8) is 0 Å². The number of aromatic nitrogens is 1. The van der Waals surface area contributed by atoms with Gasteiger partial charge in [0, 0.05) is 39.3 Å². The van der Waals surface area contributed by atoms with Crippen LogP contribution in [0.1, 0.15) is 16.9 Å². The Labute approximate surface area is 189 Å². The van der Waals surface area contributed by atoms with Crippen LogP contribution >= 0.6 is 23.2 Å². The van der Waals surface area contributed by atoms with Gasteiger partial charge < -0.3 is 14.3 Å². The molecule has 154 valence electrons. The highest BCUT2D eigenvalue weighted by atomic mass is 35.5. The SMILES string of the molecule is N#CC(=Cc1cn(Cc2ccc(Cl)cc2Cl)c2ccccc12)C(=O)NCc1ccco1. The molecule has 0 unspecified atom stereocenters. The first kappa shape index (κ1) is 20.8. The molecule has 4 rings (SSSR count). The van der Waals surface area contributed by atoms with E-state index in [2.05, 4.69) is 5.32 Å². The van der Waals surface area contributed by atoms with E-state index in [9.17, 15) is 10.1 Å². The van der Waals surface area contributed by atoms with Gasteiger partial charge in [-0.15, -0.1) is 0 Å². The molecule has 4 aromatic rings. The molecule has 2 heterocycles. The van der Waals surface area contributed by atoms with Crippen LogP contribution in [0.3, 0.4) is 0 Å². The lowest BCUT2D eigenvalue weighted by molar-refractivity contribution is -0.117. The van der Waals surface area contributed by atoms with Crippen LogP contribution in [-0.4, -0.2) is 10.5 Å².